The minimum absolute atomic E-state index is 0.490. The smallest absolute Gasteiger partial charge is 0.203 e. The quantitative estimate of drug-likeness (QED) is 0.831. The average molecular weight is 294 g/mol. The summed E-state index contributed by atoms with van der Waals surface area (Å²) in [5.41, 5.74) is 1.10. The number of aryl methyl sites for hydroxylation is 1. The fourth-order valence-electron chi connectivity index (χ4n) is 2.36. The molecule has 0 unspecified atom stereocenters. The van der Waals surface area contributed by atoms with E-state index in [1.807, 2.05) is 36.0 Å². The van der Waals surface area contributed by atoms with Crippen molar-refractivity contribution in [1.82, 2.24) is 9.78 Å². The van der Waals surface area contributed by atoms with Crippen LogP contribution in [-0.4, -0.2) is 15.8 Å². The molecule has 0 atom stereocenters. The minimum atomic E-state index is 0.490. The SMILES string of the molecule is Cn1nc(-c2ccc(Cl)cc2)sc1=NC1CCCC1. The van der Waals surface area contributed by atoms with E-state index in [0.717, 1.165) is 20.4 Å². The van der Waals surface area contributed by atoms with Crippen LogP contribution >= 0.6 is 22.9 Å². The minimum Gasteiger partial charge on any atom is -0.254 e. The van der Waals surface area contributed by atoms with E-state index in [1.54, 1.807) is 11.3 Å². The fraction of sp³-hybridized carbons (Fsp3) is 0.429. The first-order valence-corrected chi connectivity index (χ1v) is 7.76. The van der Waals surface area contributed by atoms with Crippen LogP contribution in [0.15, 0.2) is 29.3 Å². The molecule has 1 aliphatic rings. The van der Waals surface area contributed by atoms with Gasteiger partial charge in [-0.1, -0.05) is 47.9 Å². The third-order valence-electron chi connectivity index (χ3n) is 3.41. The maximum atomic E-state index is 5.91. The molecule has 1 fully saturated rings. The van der Waals surface area contributed by atoms with Crippen molar-refractivity contribution in [3.05, 3.63) is 34.1 Å². The van der Waals surface area contributed by atoms with Gasteiger partial charge in [0.1, 0.15) is 5.01 Å². The Kier molecular flexibility index (Phi) is 3.71. The van der Waals surface area contributed by atoms with Crippen molar-refractivity contribution in [2.24, 2.45) is 12.0 Å². The highest BCUT2D eigenvalue weighted by atomic mass is 35.5. The predicted octanol–water partition coefficient (Wildman–Crippen LogP) is 3.65. The molecule has 1 heterocycles. The van der Waals surface area contributed by atoms with Gasteiger partial charge in [0, 0.05) is 17.6 Å². The Labute approximate surface area is 121 Å². The number of hydrogen-bond donors (Lipinski definition) is 0. The molecule has 0 spiro atoms. The second-order valence-electron chi connectivity index (χ2n) is 4.89. The highest BCUT2D eigenvalue weighted by molar-refractivity contribution is 7.12. The third kappa shape index (κ3) is 2.90. The number of rotatable bonds is 2. The van der Waals surface area contributed by atoms with Gasteiger partial charge in [-0.25, -0.2) is 4.68 Å². The summed E-state index contributed by atoms with van der Waals surface area (Å²) in [6.45, 7) is 0. The Morgan fingerprint density at radius 1 is 1.26 bits per heavy atom. The largest absolute Gasteiger partial charge is 0.254 e. The molecular weight excluding hydrogens is 278 g/mol. The first kappa shape index (κ1) is 12.9. The van der Waals surface area contributed by atoms with Gasteiger partial charge in [0.2, 0.25) is 4.80 Å². The van der Waals surface area contributed by atoms with Crippen LogP contribution in [0.25, 0.3) is 10.6 Å². The number of aromatic nitrogens is 2. The topological polar surface area (TPSA) is 30.2 Å². The molecule has 2 aromatic rings. The molecular formula is C14H16ClN3S. The summed E-state index contributed by atoms with van der Waals surface area (Å²) in [5, 5.41) is 6.30. The molecule has 3 rings (SSSR count). The van der Waals surface area contributed by atoms with Gasteiger partial charge in [-0.15, -0.1) is 0 Å². The monoisotopic (exact) mass is 293 g/mol. The summed E-state index contributed by atoms with van der Waals surface area (Å²) >= 11 is 7.56. The Hall–Kier alpha value is -1.13. The van der Waals surface area contributed by atoms with E-state index < -0.39 is 0 Å². The molecule has 100 valence electrons. The van der Waals surface area contributed by atoms with Crippen LogP contribution in [0.1, 0.15) is 25.7 Å². The molecule has 0 aliphatic heterocycles. The van der Waals surface area contributed by atoms with Gasteiger partial charge in [-0.3, -0.25) is 4.99 Å². The summed E-state index contributed by atoms with van der Waals surface area (Å²) in [5.74, 6) is 0. The molecule has 3 nitrogen and oxygen atoms in total. The lowest BCUT2D eigenvalue weighted by Gasteiger charge is -1.98. The Balaban J connectivity index is 1.94. The van der Waals surface area contributed by atoms with Crippen LogP contribution < -0.4 is 4.80 Å². The van der Waals surface area contributed by atoms with Crippen LogP contribution in [0, 0.1) is 0 Å². The van der Waals surface area contributed by atoms with E-state index in [9.17, 15) is 0 Å². The first-order valence-electron chi connectivity index (χ1n) is 6.56. The Morgan fingerprint density at radius 3 is 2.63 bits per heavy atom. The van der Waals surface area contributed by atoms with E-state index in [2.05, 4.69) is 5.10 Å². The van der Waals surface area contributed by atoms with Gasteiger partial charge >= 0.3 is 0 Å². The molecule has 0 N–H and O–H groups in total. The van der Waals surface area contributed by atoms with E-state index >= 15 is 0 Å². The van der Waals surface area contributed by atoms with Crippen LogP contribution in [0.3, 0.4) is 0 Å². The van der Waals surface area contributed by atoms with E-state index in [-0.39, 0.29) is 0 Å². The molecule has 0 bridgehead atoms. The molecule has 1 aromatic carbocycles. The van der Waals surface area contributed by atoms with Crippen molar-refractivity contribution in [2.75, 3.05) is 0 Å². The summed E-state index contributed by atoms with van der Waals surface area (Å²) < 4.78 is 1.88. The second kappa shape index (κ2) is 5.47. The van der Waals surface area contributed by atoms with Crippen LogP contribution in [0.4, 0.5) is 0 Å². The zero-order valence-corrected chi connectivity index (χ0v) is 12.4. The molecule has 19 heavy (non-hydrogen) atoms. The third-order valence-corrected chi connectivity index (χ3v) is 4.73. The number of benzene rings is 1. The molecule has 0 amide bonds. The van der Waals surface area contributed by atoms with Gasteiger partial charge < -0.3 is 0 Å². The lowest BCUT2D eigenvalue weighted by molar-refractivity contribution is 0.646. The Morgan fingerprint density at radius 2 is 1.95 bits per heavy atom. The highest BCUT2D eigenvalue weighted by Crippen LogP contribution is 2.23. The Bertz CT molecular complexity index is 621. The zero-order chi connectivity index (χ0) is 13.2. The fourth-order valence-corrected chi connectivity index (χ4v) is 3.45. The van der Waals surface area contributed by atoms with E-state index in [1.165, 1.54) is 25.7 Å². The van der Waals surface area contributed by atoms with Gasteiger partial charge in [0.15, 0.2) is 0 Å². The van der Waals surface area contributed by atoms with Gasteiger partial charge in [0.05, 0.1) is 6.04 Å². The maximum Gasteiger partial charge on any atom is 0.203 e. The highest BCUT2D eigenvalue weighted by Gasteiger charge is 2.14. The van der Waals surface area contributed by atoms with Gasteiger partial charge in [-0.2, -0.15) is 5.10 Å². The predicted molar refractivity (Wildman–Crippen MR) is 79.4 cm³/mol. The summed E-state index contributed by atoms with van der Waals surface area (Å²) in [6.07, 6.45) is 5.05. The summed E-state index contributed by atoms with van der Waals surface area (Å²) in [7, 11) is 1.96. The van der Waals surface area contributed by atoms with Crippen molar-refractivity contribution in [3.8, 4) is 10.6 Å². The van der Waals surface area contributed by atoms with Crippen LogP contribution in [-0.2, 0) is 7.05 Å². The maximum absolute atomic E-state index is 5.91. The average Bonchev–Trinajstić information content (AvgIpc) is 3.02. The normalized spacial score (nSPS) is 17.3. The molecule has 0 radical (unpaired) electrons. The van der Waals surface area contributed by atoms with Crippen molar-refractivity contribution in [1.29, 1.82) is 0 Å². The first-order chi connectivity index (χ1) is 9.22. The van der Waals surface area contributed by atoms with Crippen molar-refractivity contribution >= 4 is 22.9 Å². The standard InChI is InChI=1S/C14H16ClN3S/c1-18-14(16-12-4-2-3-5-12)19-13(17-18)10-6-8-11(15)9-7-10/h6-9,12H,2-5H2,1H3. The van der Waals surface area contributed by atoms with E-state index in [0.29, 0.717) is 6.04 Å². The van der Waals surface area contributed by atoms with Crippen molar-refractivity contribution in [3.63, 3.8) is 0 Å². The molecule has 1 aliphatic carbocycles. The van der Waals surface area contributed by atoms with Crippen molar-refractivity contribution in [2.45, 2.75) is 31.7 Å². The summed E-state index contributed by atoms with van der Waals surface area (Å²) in [4.78, 5) is 5.83. The van der Waals surface area contributed by atoms with Crippen molar-refractivity contribution < 1.29 is 0 Å². The molecule has 5 heteroatoms. The zero-order valence-electron chi connectivity index (χ0n) is 10.8. The number of hydrogen-bond acceptors (Lipinski definition) is 3. The molecule has 1 saturated carbocycles. The van der Waals surface area contributed by atoms with Crippen LogP contribution in [0.2, 0.25) is 5.02 Å². The van der Waals surface area contributed by atoms with Gasteiger partial charge in [0.25, 0.3) is 0 Å². The van der Waals surface area contributed by atoms with Crippen LogP contribution in [0.5, 0.6) is 0 Å². The summed E-state index contributed by atoms with van der Waals surface area (Å²) in [6, 6.07) is 8.28. The number of nitrogens with zero attached hydrogens (tertiary/aromatic N) is 3. The lowest BCUT2D eigenvalue weighted by atomic mass is 10.2. The molecule has 0 saturated heterocycles. The lowest BCUT2D eigenvalue weighted by Crippen LogP contribution is -2.15. The van der Waals surface area contributed by atoms with Gasteiger partial charge in [-0.05, 0) is 25.0 Å². The second-order valence-corrected chi connectivity index (χ2v) is 6.28. The number of halogens is 1. The molecule has 1 aromatic heterocycles. The van der Waals surface area contributed by atoms with E-state index in [4.69, 9.17) is 16.6 Å².